The van der Waals surface area contributed by atoms with Gasteiger partial charge in [-0.1, -0.05) is 6.92 Å². The second kappa shape index (κ2) is 7.57. The van der Waals surface area contributed by atoms with Crippen LogP contribution in [0.3, 0.4) is 0 Å². The summed E-state index contributed by atoms with van der Waals surface area (Å²) in [5, 5.41) is 13.0. The van der Waals surface area contributed by atoms with E-state index in [9.17, 15) is 9.50 Å². The molecule has 112 valence electrons. The van der Waals surface area contributed by atoms with Crippen LogP contribution in [0.15, 0.2) is 24.3 Å². The van der Waals surface area contributed by atoms with Gasteiger partial charge in [-0.2, -0.15) is 0 Å². The quantitative estimate of drug-likeness (QED) is 0.813. The van der Waals surface area contributed by atoms with Crippen molar-refractivity contribution >= 4 is 5.69 Å². The first-order valence-corrected chi connectivity index (χ1v) is 7.30. The number of nitrogens with one attached hydrogen (secondary N) is 1. The number of halogens is 1. The number of likely N-dealkylation sites (N-methyl/N-ethyl adjacent to an activating group) is 1. The molecule has 1 aromatic carbocycles. The summed E-state index contributed by atoms with van der Waals surface area (Å²) in [6.07, 6.45) is -0.313. The third-order valence-corrected chi connectivity index (χ3v) is 3.66. The molecule has 1 fully saturated rings. The largest absolute Gasteiger partial charge is 0.390 e. The van der Waals surface area contributed by atoms with Gasteiger partial charge in [0, 0.05) is 45.0 Å². The third kappa shape index (κ3) is 4.44. The van der Waals surface area contributed by atoms with E-state index >= 15 is 0 Å². The lowest BCUT2D eigenvalue weighted by Gasteiger charge is -2.36. The van der Waals surface area contributed by atoms with E-state index in [0.29, 0.717) is 13.1 Å². The fourth-order valence-electron chi connectivity index (χ4n) is 2.51. The lowest BCUT2D eigenvalue weighted by molar-refractivity contribution is 0.108. The van der Waals surface area contributed by atoms with Crippen molar-refractivity contribution in [3.8, 4) is 0 Å². The SMILES string of the molecule is CCNCC(O)CN1CCN(c2ccc(F)cc2)CC1. The molecule has 0 radical (unpaired) electrons. The van der Waals surface area contributed by atoms with E-state index in [1.54, 1.807) is 0 Å². The van der Waals surface area contributed by atoms with Crippen molar-refractivity contribution in [3.05, 3.63) is 30.1 Å². The van der Waals surface area contributed by atoms with Gasteiger partial charge in [0.25, 0.3) is 0 Å². The fourth-order valence-corrected chi connectivity index (χ4v) is 2.51. The molecular weight excluding hydrogens is 257 g/mol. The van der Waals surface area contributed by atoms with E-state index in [4.69, 9.17) is 0 Å². The van der Waals surface area contributed by atoms with Gasteiger partial charge in [-0.3, -0.25) is 4.90 Å². The summed E-state index contributed by atoms with van der Waals surface area (Å²) in [6, 6.07) is 6.65. The normalized spacial score (nSPS) is 18.2. The van der Waals surface area contributed by atoms with Crippen LogP contribution in [-0.4, -0.2) is 61.9 Å². The summed E-state index contributed by atoms with van der Waals surface area (Å²) >= 11 is 0. The number of hydrogen-bond donors (Lipinski definition) is 2. The van der Waals surface area contributed by atoms with E-state index in [-0.39, 0.29) is 11.9 Å². The zero-order valence-corrected chi connectivity index (χ0v) is 12.1. The first-order chi connectivity index (χ1) is 9.69. The number of nitrogens with zero attached hydrogens (tertiary/aromatic N) is 2. The van der Waals surface area contributed by atoms with Gasteiger partial charge in [0.1, 0.15) is 5.82 Å². The molecule has 1 aliphatic heterocycles. The second-order valence-electron chi connectivity index (χ2n) is 5.23. The van der Waals surface area contributed by atoms with Gasteiger partial charge in [0.05, 0.1) is 6.10 Å². The summed E-state index contributed by atoms with van der Waals surface area (Å²) in [6.45, 7) is 7.97. The molecule has 0 aromatic heterocycles. The number of anilines is 1. The molecule has 0 bridgehead atoms. The van der Waals surface area contributed by atoms with Gasteiger partial charge in [-0.25, -0.2) is 4.39 Å². The maximum absolute atomic E-state index is 12.9. The minimum Gasteiger partial charge on any atom is -0.390 e. The zero-order valence-electron chi connectivity index (χ0n) is 12.1. The molecule has 1 saturated heterocycles. The molecule has 1 aliphatic rings. The molecule has 0 amide bonds. The van der Waals surface area contributed by atoms with Crippen molar-refractivity contribution in [2.45, 2.75) is 13.0 Å². The Bertz CT molecular complexity index is 391. The van der Waals surface area contributed by atoms with Crippen molar-refractivity contribution in [3.63, 3.8) is 0 Å². The number of aliphatic hydroxyl groups excluding tert-OH is 1. The molecule has 5 heteroatoms. The Balaban J connectivity index is 1.76. The Labute approximate surface area is 120 Å². The molecule has 0 saturated carbocycles. The number of piperazine rings is 1. The Morgan fingerprint density at radius 2 is 1.85 bits per heavy atom. The minimum atomic E-state index is -0.313. The maximum atomic E-state index is 12.9. The van der Waals surface area contributed by atoms with Crippen LogP contribution in [-0.2, 0) is 0 Å². The summed E-state index contributed by atoms with van der Waals surface area (Å²) in [5.74, 6) is -0.195. The highest BCUT2D eigenvalue weighted by Gasteiger charge is 2.19. The number of rotatable bonds is 6. The molecule has 0 spiro atoms. The second-order valence-corrected chi connectivity index (χ2v) is 5.23. The maximum Gasteiger partial charge on any atom is 0.123 e. The number of benzene rings is 1. The Morgan fingerprint density at radius 1 is 1.20 bits per heavy atom. The first-order valence-electron chi connectivity index (χ1n) is 7.30. The van der Waals surface area contributed by atoms with Crippen LogP contribution in [0.5, 0.6) is 0 Å². The van der Waals surface area contributed by atoms with Crippen molar-refractivity contribution in [1.82, 2.24) is 10.2 Å². The van der Waals surface area contributed by atoms with Crippen LogP contribution < -0.4 is 10.2 Å². The molecule has 2 rings (SSSR count). The molecule has 4 nitrogen and oxygen atoms in total. The minimum absolute atomic E-state index is 0.195. The molecule has 20 heavy (non-hydrogen) atoms. The van der Waals surface area contributed by atoms with Gasteiger partial charge in [-0.15, -0.1) is 0 Å². The van der Waals surface area contributed by atoms with Crippen LogP contribution in [0.4, 0.5) is 10.1 Å². The van der Waals surface area contributed by atoms with Crippen molar-refractivity contribution in [2.24, 2.45) is 0 Å². The van der Waals surface area contributed by atoms with Crippen molar-refractivity contribution < 1.29 is 9.50 Å². The van der Waals surface area contributed by atoms with Crippen LogP contribution >= 0.6 is 0 Å². The number of hydrogen-bond acceptors (Lipinski definition) is 4. The van der Waals surface area contributed by atoms with Gasteiger partial charge in [0.2, 0.25) is 0 Å². The lowest BCUT2D eigenvalue weighted by atomic mass is 10.2. The third-order valence-electron chi connectivity index (χ3n) is 3.66. The monoisotopic (exact) mass is 281 g/mol. The molecule has 2 N–H and O–H groups in total. The predicted molar refractivity (Wildman–Crippen MR) is 79.6 cm³/mol. The van der Waals surface area contributed by atoms with Gasteiger partial charge >= 0.3 is 0 Å². The summed E-state index contributed by atoms with van der Waals surface area (Å²) in [5.41, 5.74) is 1.07. The van der Waals surface area contributed by atoms with Crippen LogP contribution in [0.1, 0.15) is 6.92 Å². The van der Waals surface area contributed by atoms with Crippen LogP contribution in [0, 0.1) is 5.82 Å². The topological polar surface area (TPSA) is 38.7 Å². The average molecular weight is 281 g/mol. The summed E-state index contributed by atoms with van der Waals surface area (Å²) in [7, 11) is 0. The van der Waals surface area contributed by atoms with E-state index < -0.39 is 0 Å². The molecule has 1 aromatic rings. The molecule has 1 atom stereocenters. The molecule has 0 aliphatic carbocycles. The molecule has 1 unspecified atom stereocenters. The Kier molecular flexibility index (Phi) is 5.76. The van der Waals surface area contributed by atoms with E-state index in [2.05, 4.69) is 15.1 Å². The van der Waals surface area contributed by atoms with E-state index in [1.807, 2.05) is 19.1 Å². The summed E-state index contributed by atoms with van der Waals surface area (Å²) in [4.78, 5) is 4.54. The van der Waals surface area contributed by atoms with Gasteiger partial charge in [0.15, 0.2) is 0 Å². The summed E-state index contributed by atoms with van der Waals surface area (Å²) < 4.78 is 12.9. The highest BCUT2D eigenvalue weighted by molar-refractivity contribution is 5.46. The Hall–Kier alpha value is -1.17. The Morgan fingerprint density at radius 3 is 2.45 bits per heavy atom. The standard InChI is InChI=1S/C15H24FN3O/c1-2-17-11-15(20)12-18-7-9-19(10-8-18)14-5-3-13(16)4-6-14/h3-6,15,17,20H,2,7-12H2,1H3. The molecular formula is C15H24FN3O. The lowest BCUT2D eigenvalue weighted by Crippen LogP contribution is -2.49. The van der Waals surface area contributed by atoms with Gasteiger partial charge in [-0.05, 0) is 30.8 Å². The fraction of sp³-hybridized carbons (Fsp3) is 0.600. The van der Waals surface area contributed by atoms with E-state index in [1.165, 1.54) is 12.1 Å². The first kappa shape index (κ1) is 15.2. The number of β-amino-alcohol motifs (C(OH)–C–C–N with tert-alkyl or cyclic N) is 1. The zero-order chi connectivity index (χ0) is 14.4. The van der Waals surface area contributed by atoms with Crippen LogP contribution in [0.25, 0.3) is 0 Å². The van der Waals surface area contributed by atoms with E-state index in [0.717, 1.165) is 38.4 Å². The molecule has 1 heterocycles. The highest BCUT2D eigenvalue weighted by Crippen LogP contribution is 2.16. The van der Waals surface area contributed by atoms with Gasteiger partial charge < -0.3 is 15.3 Å². The van der Waals surface area contributed by atoms with Crippen molar-refractivity contribution in [1.29, 1.82) is 0 Å². The predicted octanol–water partition coefficient (Wildman–Crippen LogP) is 0.918. The van der Waals surface area contributed by atoms with Crippen molar-refractivity contribution in [2.75, 3.05) is 50.7 Å². The van der Waals surface area contributed by atoms with Crippen LogP contribution in [0.2, 0.25) is 0 Å². The average Bonchev–Trinajstić information content (AvgIpc) is 2.47. The number of aliphatic hydroxyl groups is 1. The highest BCUT2D eigenvalue weighted by atomic mass is 19.1. The smallest absolute Gasteiger partial charge is 0.123 e.